The van der Waals surface area contributed by atoms with Crippen LogP contribution >= 0.6 is 11.6 Å². The van der Waals surface area contributed by atoms with Gasteiger partial charge in [0.1, 0.15) is 6.54 Å². The fourth-order valence-electron chi connectivity index (χ4n) is 3.10. The van der Waals surface area contributed by atoms with E-state index in [-0.39, 0.29) is 18.0 Å². The van der Waals surface area contributed by atoms with Gasteiger partial charge in [-0.1, -0.05) is 47.5 Å². The van der Waals surface area contributed by atoms with E-state index in [0.717, 1.165) is 11.1 Å². The molecule has 0 aliphatic heterocycles. The first kappa shape index (κ1) is 18.9. The van der Waals surface area contributed by atoms with E-state index in [2.05, 4.69) is 15.4 Å². The SMILES string of the molecule is Cc1cccc(-c2nc3n(CC(=O)Nc4ccccc4Cl)c(C)cc(=O)n3n2)c1. The lowest BCUT2D eigenvalue weighted by molar-refractivity contribution is -0.116. The Morgan fingerprint density at radius 1 is 1.10 bits per heavy atom. The molecule has 7 nitrogen and oxygen atoms in total. The average Bonchev–Trinajstić information content (AvgIpc) is 3.13. The molecule has 4 aromatic rings. The fourth-order valence-corrected chi connectivity index (χ4v) is 3.28. The van der Waals surface area contributed by atoms with Crippen molar-refractivity contribution >= 4 is 29.0 Å². The number of aromatic nitrogens is 4. The molecule has 8 heteroatoms. The van der Waals surface area contributed by atoms with Gasteiger partial charge in [0.15, 0.2) is 5.82 Å². The van der Waals surface area contributed by atoms with Gasteiger partial charge in [-0.15, -0.1) is 5.10 Å². The van der Waals surface area contributed by atoms with Crippen molar-refractivity contribution in [3.63, 3.8) is 0 Å². The second kappa shape index (κ2) is 7.52. The van der Waals surface area contributed by atoms with Gasteiger partial charge in [0.2, 0.25) is 11.7 Å². The molecule has 2 aromatic carbocycles. The molecule has 2 aromatic heterocycles. The van der Waals surface area contributed by atoms with Gasteiger partial charge in [-0.2, -0.15) is 9.50 Å². The van der Waals surface area contributed by atoms with E-state index in [1.165, 1.54) is 10.6 Å². The standard InChI is InChI=1S/C21H18ClN5O2/c1-13-6-5-7-15(10-13)20-24-21-26(14(2)11-19(29)27(21)25-20)12-18(28)23-17-9-4-3-8-16(17)22/h3-11H,12H2,1-2H3,(H,23,28). The summed E-state index contributed by atoms with van der Waals surface area (Å²) in [5.74, 6) is 0.448. The van der Waals surface area contributed by atoms with Gasteiger partial charge in [0.05, 0.1) is 10.7 Å². The van der Waals surface area contributed by atoms with Crippen LogP contribution in [0.1, 0.15) is 11.3 Å². The molecule has 146 valence electrons. The molecule has 0 saturated carbocycles. The second-order valence-corrected chi connectivity index (χ2v) is 7.16. The number of benzene rings is 2. The lowest BCUT2D eigenvalue weighted by atomic mass is 10.1. The van der Waals surface area contributed by atoms with Crippen molar-refractivity contribution in [1.82, 2.24) is 19.2 Å². The van der Waals surface area contributed by atoms with Crippen LogP contribution in [0.15, 0.2) is 59.4 Å². The molecule has 0 saturated heterocycles. The number of amides is 1. The molecule has 0 atom stereocenters. The van der Waals surface area contributed by atoms with Crippen LogP contribution in [0.2, 0.25) is 5.02 Å². The summed E-state index contributed by atoms with van der Waals surface area (Å²) in [5, 5.41) is 7.58. The number of hydrogen-bond acceptors (Lipinski definition) is 4. The molecule has 2 heterocycles. The van der Waals surface area contributed by atoms with Gasteiger partial charge >= 0.3 is 0 Å². The molecule has 0 aliphatic carbocycles. The molecule has 0 unspecified atom stereocenters. The molecule has 29 heavy (non-hydrogen) atoms. The van der Waals surface area contributed by atoms with Crippen molar-refractivity contribution in [2.75, 3.05) is 5.32 Å². The minimum atomic E-state index is -0.299. The highest BCUT2D eigenvalue weighted by Gasteiger charge is 2.16. The molecule has 4 rings (SSSR count). The summed E-state index contributed by atoms with van der Waals surface area (Å²) >= 11 is 6.11. The number of carbonyl (C=O) groups is 1. The van der Waals surface area contributed by atoms with Gasteiger partial charge in [0.25, 0.3) is 5.56 Å². The first-order valence-corrected chi connectivity index (χ1v) is 9.39. The maximum atomic E-state index is 12.6. The van der Waals surface area contributed by atoms with Gasteiger partial charge in [0, 0.05) is 17.3 Å². The Labute approximate surface area is 171 Å². The van der Waals surface area contributed by atoms with Gasteiger partial charge in [-0.25, -0.2) is 0 Å². The zero-order valence-electron chi connectivity index (χ0n) is 15.9. The third kappa shape index (κ3) is 3.77. The number of para-hydroxylation sites is 1. The van der Waals surface area contributed by atoms with Crippen LogP contribution in [0.5, 0.6) is 0 Å². The van der Waals surface area contributed by atoms with Crippen LogP contribution in [0.25, 0.3) is 17.2 Å². The molecule has 0 radical (unpaired) electrons. The summed E-state index contributed by atoms with van der Waals surface area (Å²) < 4.78 is 2.87. The second-order valence-electron chi connectivity index (χ2n) is 6.75. The summed E-state index contributed by atoms with van der Waals surface area (Å²) in [4.78, 5) is 29.6. The number of nitrogens with one attached hydrogen (secondary N) is 1. The Bertz CT molecular complexity index is 1290. The van der Waals surface area contributed by atoms with Crippen LogP contribution in [-0.2, 0) is 11.3 Å². The van der Waals surface area contributed by atoms with E-state index >= 15 is 0 Å². The fraction of sp³-hybridized carbons (Fsp3) is 0.143. The molecule has 0 aliphatic rings. The molecule has 0 fully saturated rings. The molecular formula is C21H18ClN5O2. The Balaban J connectivity index is 1.73. The molecular weight excluding hydrogens is 390 g/mol. The zero-order chi connectivity index (χ0) is 20.5. The summed E-state index contributed by atoms with van der Waals surface area (Å²) in [7, 11) is 0. The largest absolute Gasteiger partial charge is 0.323 e. The highest BCUT2D eigenvalue weighted by atomic mass is 35.5. The summed E-state index contributed by atoms with van der Waals surface area (Å²) in [5.41, 5.74) is 2.70. The highest BCUT2D eigenvalue weighted by Crippen LogP contribution is 2.21. The molecule has 0 spiro atoms. The maximum Gasteiger partial charge on any atom is 0.275 e. The van der Waals surface area contributed by atoms with Crippen molar-refractivity contribution in [3.05, 3.63) is 81.2 Å². The van der Waals surface area contributed by atoms with Crippen molar-refractivity contribution in [2.24, 2.45) is 0 Å². The first-order valence-electron chi connectivity index (χ1n) is 9.01. The Hall–Kier alpha value is -3.45. The van der Waals surface area contributed by atoms with E-state index < -0.39 is 0 Å². The van der Waals surface area contributed by atoms with Crippen molar-refractivity contribution in [2.45, 2.75) is 20.4 Å². The first-order chi connectivity index (χ1) is 13.9. The van der Waals surface area contributed by atoms with E-state index in [9.17, 15) is 9.59 Å². The third-order valence-electron chi connectivity index (χ3n) is 4.52. The number of halogens is 1. The molecule has 1 N–H and O–H groups in total. The lowest BCUT2D eigenvalue weighted by Crippen LogP contribution is -2.25. The minimum Gasteiger partial charge on any atom is -0.323 e. The summed E-state index contributed by atoms with van der Waals surface area (Å²) in [6, 6.07) is 16.1. The predicted molar refractivity (Wildman–Crippen MR) is 112 cm³/mol. The Morgan fingerprint density at radius 3 is 2.66 bits per heavy atom. The van der Waals surface area contributed by atoms with Crippen molar-refractivity contribution < 1.29 is 4.79 Å². The molecule has 0 bridgehead atoms. The van der Waals surface area contributed by atoms with Crippen molar-refractivity contribution in [1.29, 1.82) is 0 Å². The average molecular weight is 408 g/mol. The maximum absolute atomic E-state index is 12.6. The number of carbonyl (C=O) groups excluding carboxylic acids is 1. The number of anilines is 1. The number of rotatable bonds is 4. The van der Waals surface area contributed by atoms with Crippen molar-refractivity contribution in [3.8, 4) is 11.4 Å². The zero-order valence-corrected chi connectivity index (χ0v) is 16.6. The smallest absolute Gasteiger partial charge is 0.275 e. The van der Waals surface area contributed by atoms with Gasteiger partial charge in [-0.3, -0.25) is 9.59 Å². The summed E-state index contributed by atoms with van der Waals surface area (Å²) in [6.07, 6.45) is 0. The van der Waals surface area contributed by atoms with Crippen LogP contribution in [0.4, 0.5) is 5.69 Å². The quantitative estimate of drug-likeness (QED) is 0.561. The van der Waals surface area contributed by atoms with Gasteiger partial charge in [-0.05, 0) is 32.0 Å². The number of fused-ring (bicyclic) bond motifs is 1. The van der Waals surface area contributed by atoms with E-state index in [1.54, 1.807) is 35.8 Å². The normalized spacial score (nSPS) is 11.0. The van der Waals surface area contributed by atoms with Crippen LogP contribution in [0.3, 0.4) is 0 Å². The van der Waals surface area contributed by atoms with Crippen LogP contribution < -0.4 is 10.9 Å². The van der Waals surface area contributed by atoms with E-state index in [0.29, 0.717) is 28.0 Å². The number of aryl methyl sites for hydroxylation is 2. The van der Waals surface area contributed by atoms with Crippen LogP contribution in [0, 0.1) is 13.8 Å². The monoisotopic (exact) mass is 407 g/mol. The molecule has 1 amide bonds. The van der Waals surface area contributed by atoms with Gasteiger partial charge < -0.3 is 9.88 Å². The van der Waals surface area contributed by atoms with E-state index in [1.807, 2.05) is 31.2 Å². The highest BCUT2D eigenvalue weighted by molar-refractivity contribution is 6.33. The number of nitrogens with zero attached hydrogens (tertiary/aromatic N) is 4. The van der Waals surface area contributed by atoms with E-state index in [4.69, 9.17) is 11.6 Å². The third-order valence-corrected chi connectivity index (χ3v) is 4.85. The predicted octanol–water partition coefficient (Wildman–Crippen LogP) is 3.47. The lowest BCUT2D eigenvalue weighted by Gasteiger charge is -2.12. The number of hydrogen-bond donors (Lipinski definition) is 1. The topological polar surface area (TPSA) is 81.3 Å². The van der Waals surface area contributed by atoms with Crippen LogP contribution in [-0.4, -0.2) is 25.1 Å². The Kier molecular flexibility index (Phi) is 4.90. The summed E-state index contributed by atoms with van der Waals surface area (Å²) in [6.45, 7) is 3.69. The Morgan fingerprint density at radius 2 is 1.90 bits per heavy atom. The minimum absolute atomic E-state index is 0.0349.